The Bertz CT molecular complexity index is 793. The molecule has 4 rings (SSSR count). The van der Waals surface area contributed by atoms with Crippen LogP contribution in [0, 0.1) is 0 Å². The minimum atomic E-state index is 0.0226. The third-order valence-corrected chi connectivity index (χ3v) is 4.78. The van der Waals surface area contributed by atoms with Gasteiger partial charge in [-0.15, -0.1) is 0 Å². The van der Waals surface area contributed by atoms with Gasteiger partial charge >= 0.3 is 0 Å². The molecule has 3 N–H and O–H groups in total. The summed E-state index contributed by atoms with van der Waals surface area (Å²) in [7, 11) is 0. The number of aromatic nitrogens is 2. The maximum atomic E-state index is 6.15. The molecular formula is C19H25N5O3. The van der Waals surface area contributed by atoms with Gasteiger partial charge in [0.25, 0.3) is 0 Å². The van der Waals surface area contributed by atoms with Gasteiger partial charge in [0, 0.05) is 43.6 Å². The molecule has 2 aliphatic rings. The molecule has 1 aliphatic heterocycles. The molecule has 2 heterocycles. The van der Waals surface area contributed by atoms with E-state index in [2.05, 4.69) is 15.4 Å². The number of nitrogens with one attached hydrogen (secondary N) is 1. The Kier molecular flexibility index (Phi) is 5.15. The molecule has 0 amide bonds. The normalized spacial score (nSPS) is 24.8. The van der Waals surface area contributed by atoms with Crippen molar-refractivity contribution in [1.29, 1.82) is 0 Å². The van der Waals surface area contributed by atoms with Crippen LogP contribution >= 0.6 is 0 Å². The van der Waals surface area contributed by atoms with Crippen LogP contribution in [0.15, 0.2) is 41.7 Å². The number of hydrogen-bond acceptors (Lipinski definition) is 5. The standard InChI is InChI=1S/C19H25N5O3/c1-2-25-17-12-14(18(17)24-8-3-7-21-24)23-19(20)22-13-5-6-15-16(11-13)27-10-4-9-26-15/h3,5-8,11,14,17-18H,2,4,9-10,12H2,1H3,(H3,20,22,23). The zero-order valence-electron chi connectivity index (χ0n) is 15.4. The van der Waals surface area contributed by atoms with Crippen LogP contribution in [-0.2, 0) is 4.74 Å². The fraction of sp³-hybridized carbons (Fsp3) is 0.474. The maximum absolute atomic E-state index is 6.15. The quantitative estimate of drug-likeness (QED) is 0.618. The summed E-state index contributed by atoms with van der Waals surface area (Å²) in [5, 5.41) is 7.49. The smallest absolute Gasteiger partial charge is 0.193 e. The summed E-state index contributed by atoms with van der Waals surface area (Å²) in [6.45, 7) is 3.98. The second kappa shape index (κ2) is 7.87. The van der Waals surface area contributed by atoms with Crippen molar-refractivity contribution in [3.63, 3.8) is 0 Å². The SMILES string of the molecule is CCOC1CC(N=C(N)Nc2ccc3c(c2)OCCCO3)C1n1cccn1. The average Bonchev–Trinajstić information content (AvgIpc) is 3.04. The van der Waals surface area contributed by atoms with Crippen molar-refractivity contribution in [2.45, 2.75) is 38.0 Å². The highest BCUT2D eigenvalue weighted by Crippen LogP contribution is 2.37. The van der Waals surface area contributed by atoms with E-state index in [4.69, 9.17) is 19.9 Å². The van der Waals surface area contributed by atoms with Gasteiger partial charge in [0.15, 0.2) is 17.5 Å². The Morgan fingerprint density at radius 1 is 1.37 bits per heavy atom. The van der Waals surface area contributed by atoms with Crippen LogP contribution in [0.25, 0.3) is 0 Å². The van der Waals surface area contributed by atoms with Gasteiger partial charge in [-0.3, -0.25) is 4.68 Å². The first-order valence-corrected chi connectivity index (χ1v) is 9.35. The highest BCUT2D eigenvalue weighted by Gasteiger charge is 2.43. The van der Waals surface area contributed by atoms with Gasteiger partial charge in [-0.05, 0) is 25.1 Å². The minimum Gasteiger partial charge on any atom is -0.490 e. The van der Waals surface area contributed by atoms with Gasteiger partial charge in [0.2, 0.25) is 0 Å². The third kappa shape index (κ3) is 3.85. The molecule has 0 saturated heterocycles. The largest absolute Gasteiger partial charge is 0.490 e. The van der Waals surface area contributed by atoms with E-state index >= 15 is 0 Å². The summed E-state index contributed by atoms with van der Waals surface area (Å²) in [5.74, 6) is 1.84. The zero-order chi connectivity index (χ0) is 18.6. The van der Waals surface area contributed by atoms with E-state index in [-0.39, 0.29) is 18.2 Å². The number of anilines is 1. The maximum Gasteiger partial charge on any atom is 0.193 e. The number of guanidine groups is 1. The zero-order valence-corrected chi connectivity index (χ0v) is 15.4. The van der Waals surface area contributed by atoms with Crippen molar-refractivity contribution >= 4 is 11.6 Å². The van der Waals surface area contributed by atoms with Crippen molar-refractivity contribution in [2.75, 3.05) is 25.1 Å². The van der Waals surface area contributed by atoms with Crippen molar-refractivity contribution in [1.82, 2.24) is 9.78 Å². The van der Waals surface area contributed by atoms with Crippen LogP contribution < -0.4 is 20.5 Å². The number of aliphatic imine (C=N–C) groups is 1. The summed E-state index contributed by atoms with van der Waals surface area (Å²) in [6.07, 6.45) is 5.50. The van der Waals surface area contributed by atoms with Gasteiger partial charge < -0.3 is 25.3 Å². The van der Waals surface area contributed by atoms with Crippen LogP contribution in [0.3, 0.4) is 0 Å². The highest BCUT2D eigenvalue weighted by atomic mass is 16.5. The van der Waals surface area contributed by atoms with Gasteiger partial charge in [-0.2, -0.15) is 5.10 Å². The predicted octanol–water partition coefficient (Wildman–Crippen LogP) is 2.19. The lowest BCUT2D eigenvalue weighted by Crippen LogP contribution is -2.49. The number of rotatable bonds is 5. The molecule has 144 valence electrons. The fourth-order valence-corrected chi connectivity index (χ4v) is 3.48. The van der Waals surface area contributed by atoms with Gasteiger partial charge in [0.1, 0.15) is 6.04 Å². The lowest BCUT2D eigenvalue weighted by atomic mass is 9.83. The molecule has 1 aliphatic carbocycles. The number of fused-ring (bicyclic) bond motifs is 1. The topological polar surface area (TPSA) is 95.9 Å². The van der Waals surface area contributed by atoms with E-state index in [0.29, 0.717) is 25.8 Å². The van der Waals surface area contributed by atoms with Crippen molar-refractivity contribution in [3.05, 3.63) is 36.7 Å². The molecule has 27 heavy (non-hydrogen) atoms. The van der Waals surface area contributed by atoms with Crippen LogP contribution in [-0.4, -0.2) is 47.7 Å². The van der Waals surface area contributed by atoms with Gasteiger partial charge in [-0.1, -0.05) is 0 Å². The Balaban J connectivity index is 1.45. The summed E-state index contributed by atoms with van der Waals surface area (Å²) in [4.78, 5) is 4.65. The Labute approximate surface area is 158 Å². The molecule has 3 unspecified atom stereocenters. The van der Waals surface area contributed by atoms with Crippen LogP contribution in [0.5, 0.6) is 11.5 Å². The molecule has 1 aromatic carbocycles. The van der Waals surface area contributed by atoms with E-state index in [0.717, 1.165) is 30.0 Å². The van der Waals surface area contributed by atoms with E-state index in [1.54, 1.807) is 6.20 Å². The number of benzene rings is 1. The van der Waals surface area contributed by atoms with E-state index in [9.17, 15) is 0 Å². The van der Waals surface area contributed by atoms with Crippen LogP contribution in [0.2, 0.25) is 0 Å². The van der Waals surface area contributed by atoms with Gasteiger partial charge in [0.05, 0.1) is 25.4 Å². The fourth-order valence-electron chi connectivity index (χ4n) is 3.48. The van der Waals surface area contributed by atoms with Crippen molar-refractivity contribution in [3.8, 4) is 11.5 Å². The molecule has 0 spiro atoms. The lowest BCUT2D eigenvalue weighted by Gasteiger charge is -2.42. The summed E-state index contributed by atoms with van der Waals surface area (Å²) in [5.41, 5.74) is 6.97. The first kappa shape index (κ1) is 17.7. The second-order valence-corrected chi connectivity index (χ2v) is 6.62. The Hall–Kier alpha value is -2.74. The first-order valence-electron chi connectivity index (χ1n) is 9.35. The monoisotopic (exact) mass is 371 g/mol. The molecule has 1 fully saturated rings. The highest BCUT2D eigenvalue weighted by molar-refractivity contribution is 5.92. The average molecular weight is 371 g/mol. The molecular weight excluding hydrogens is 346 g/mol. The van der Waals surface area contributed by atoms with Crippen molar-refractivity contribution in [2.24, 2.45) is 10.7 Å². The summed E-state index contributed by atoms with van der Waals surface area (Å²) in [6, 6.07) is 7.67. The summed E-state index contributed by atoms with van der Waals surface area (Å²) >= 11 is 0. The number of ether oxygens (including phenoxy) is 3. The van der Waals surface area contributed by atoms with Crippen LogP contribution in [0.4, 0.5) is 5.69 Å². The number of nitrogens with two attached hydrogens (primary N) is 1. The molecule has 1 saturated carbocycles. The Morgan fingerprint density at radius 2 is 2.22 bits per heavy atom. The van der Waals surface area contributed by atoms with E-state index in [1.165, 1.54) is 0 Å². The minimum absolute atomic E-state index is 0.0226. The van der Waals surface area contributed by atoms with E-state index < -0.39 is 0 Å². The number of hydrogen-bond donors (Lipinski definition) is 2. The van der Waals surface area contributed by atoms with Gasteiger partial charge in [-0.25, -0.2) is 4.99 Å². The summed E-state index contributed by atoms with van der Waals surface area (Å²) < 4.78 is 19.1. The Morgan fingerprint density at radius 3 is 3.00 bits per heavy atom. The molecule has 0 radical (unpaired) electrons. The molecule has 8 heteroatoms. The predicted molar refractivity (Wildman–Crippen MR) is 102 cm³/mol. The molecule has 3 atom stereocenters. The second-order valence-electron chi connectivity index (χ2n) is 6.62. The lowest BCUT2D eigenvalue weighted by molar-refractivity contribution is -0.0505. The molecule has 8 nitrogen and oxygen atoms in total. The van der Waals surface area contributed by atoms with Crippen LogP contribution in [0.1, 0.15) is 25.8 Å². The third-order valence-electron chi connectivity index (χ3n) is 4.78. The molecule has 0 bridgehead atoms. The van der Waals surface area contributed by atoms with E-state index in [1.807, 2.05) is 42.1 Å². The number of nitrogens with zero attached hydrogens (tertiary/aromatic N) is 3. The molecule has 1 aromatic heterocycles. The first-order chi connectivity index (χ1) is 13.2. The van der Waals surface area contributed by atoms with Crippen molar-refractivity contribution < 1.29 is 14.2 Å². The molecule has 2 aromatic rings.